The third-order valence-corrected chi connectivity index (χ3v) is 5.79. The van der Waals surface area contributed by atoms with Crippen molar-refractivity contribution in [1.82, 2.24) is 0 Å². The monoisotopic (exact) mass is 236 g/mol. The quantitative estimate of drug-likeness (QED) is 0.768. The van der Waals surface area contributed by atoms with Gasteiger partial charge in [0.1, 0.15) is 0 Å². The molecule has 0 radical (unpaired) electrons. The third kappa shape index (κ3) is 2.16. The first-order valence-electron chi connectivity index (χ1n) is 7.54. The molecule has 1 heteroatoms. The maximum Gasteiger partial charge on any atom is 0.0593 e. The van der Waals surface area contributed by atoms with Crippen molar-refractivity contribution in [3.8, 4) is 0 Å². The van der Waals surface area contributed by atoms with Crippen LogP contribution in [0.25, 0.3) is 0 Å². The van der Waals surface area contributed by atoms with Crippen LogP contribution in [0, 0.1) is 28.6 Å². The molecule has 4 saturated carbocycles. The number of rotatable bonds is 2. The van der Waals surface area contributed by atoms with Gasteiger partial charge in [-0.05, 0) is 73.5 Å². The van der Waals surface area contributed by atoms with E-state index in [1.54, 1.807) is 0 Å². The predicted octanol–water partition coefficient (Wildman–Crippen LogP) is 4.00. The van der Waals surface area contributed by atoms with Crippen molar-refractivity contribution in [2.75, 3.05) is 0 Å². The largest absolute Gasteiger partial charge is 0.393 e. The van der Waals surface area contributed by atoms with Crippen LogP contribution in [-0.4, -0.2) is 11.2 Å². The molecule has 4 aliphatic rings. The predicted molar refractivity (Wildman–Crippen MR) is 70.7 cm³/mol. The highest BCUT2D eigenvalue weighted by molar-refractivity contribution is 5.02. The molecular formula is C16H28O. The van der Waals surface area contributed by atoms with Gasteiger partial charge in [-0.2, -0.15) is 0 Å². The standard InChI is InChI=1S/C16H28O/c1-15(2,3)14(17)10-16-7-11-4-12(8-16)6-13(5-11)9-16/h11-14,17H,4-10H2,1-3H3. The fourth-order valence-electron chi connectivity index (χ4n) is 5.26. The molecule has 1 atom stereocenters. The lowest BCUT2D eigenvalue weighted by Crippen LogP contribution is -2.48. The summed E-state index contributed by atoms with van der Waals surface area (Å²) in [6.45, 7) is 6.54. The SMILES string of the molecule is CC(C)(C)C(O)CC12CC3CC(CC(C3)C1)C2. The lowest BCUT2D eigenvalue weighted by atomic mass is 9.48. The van der Waals surface area contributed by atoms with Gasteiger partial charge < -0.3 is 5.11 Å². The number of hydrogen-bond donors (Lipinski definition) is 1. The topological polar surface area (TPSA) is 20.2 Å². The van der Waals surface area contributed by atoms with E-state index in [1.807, 2.05) is 0 Å². The van der Waals surface area contributed by atoms with E-state index < -0.39 is 0 Å². The van der Waals surface area contributed by atoms with Gasteiger partial charge >= 0.3 is 0 Å². The maximum absolute atomic E-state index is 10.4. The van der Waals surface area contributed by atoms with E-state index in [2.05, 4.69) is 20.8 Å². The first-order valence-corrected chi connectivity index (χ1v) is 7.54. The molecular weight excluding hydrogens is 208 g/mol. The molecule has 4 bridgehead atoms. The van der Waals surface area contributed by atoms with E-state index >= 15 is 0 Å². The minimum absolute atomic E-state index is 0.0589. The Morgan fingerprint density at radius 2 is 1.41 bits per heavy atom. The minimum Gasteiger partial charge on any atom is -0.393 e. The van der Waals surface area contributed by atoms with Crippen molar-refractivity contribution >= 4 is 0 Å². The Balaban J connectivity index is 1.74. The summed E-state index contributed by atoms with van der Waals surface area (Å²) in [5.74, 6) is 3.02. The highest BCUT2D eigenvalue weighted by Gasteiger charge is 2.51. The Labute approximate surface area is 106 Å². The Morgan fingerprint density at radius 3 is 1.76 bits per heavy atom. The van der Waals surface area contributed by atoms with Crippen molar-refractivity contribution in [3.05, 3.63) is 0 Å². The van der Waals surface area contributed by atoms with Gasteiger partial charge in [-0.25, -0.2) is 0 Å². The molecule has 4 aliphatic carbocycles. The third-order valence-electron chi connectivity index (χ3n) is 5.79. The molecule has 4 fully saturated rings. The summed E-state index contributed by atoms with van der Waals surface area (Å²) >= 11 is 0. The molecule has 0 aromatic heterocycles. The number of aliphatic hydroxyl groups is 1. The smallest absolute Gasteiger partial charge is 0.0593 e. The van der Waals surface area contributed by atoms with Crippen LogP contribution < -0.4 is 0 Å². The summed E-state index contributed by atoms with van der Waals surface area (Å²) in [4.78, 5) is 0. The molecule has 0 amide bonds. The van der Waals surface area contributed by atoms with Crippen LogP contribution in [0.2, 0.25) is 0 Å². The Bertz CT molecular complexity index is 264. The van der Waals surface area contributed by atoms with Crippen molar-refractivity contribution < 1.29 is 5.11 Å². The Morgan fingerprint density at radius 1 is 1.00 bits per heavy atom. The van der Waals surface area contributed by atoms with Gasteiger partial charge in [-0.1, -0.05) is 20.8 Å². The van der Waals surface area contributed by atoms with E-state index in [0.29, 0.717) is 5.41 Å². The molecule has 1 nitrogen and oxygen atoms in total. The van der Waals surface area contributed by atoms with Crippen LogP contribution in [0.15, 0.2) is 0 Å². The van der Waals surface area contributed by atoms with Crippen LogP contribution in [0.1, 0.15) is 65.7 Å². The van der Waals surface area contributed by atoms with Gasteiger partial charge in [-0.3, -0.25) is 0 Å². The highest BCUT2D eigenvalue weighted by atomic mass is 16.3. The molecule has 98 valence electrons. The lowest BCUT2D eigenvalue weighted by Gasteiger charge is -2.58. The minimum atomic E-state index is -0.112. The first-order chi connectivity index (χ1) is 7.86. The fourth-order valence-corrected chi connectivity index (χ4v) is 5.26. The van der Waals surface area contributed by atoms with Crippen LogP contribution in [0.3, 0.4) is 0 Å². The van der Waals surface area contributed by atoms with Crippen molar-refractivity contribution in [2.45, 2.75) is 71.8 Å². The number of aliphatic hydroxyl groups excluding tert-OH is 1. The van der Waals surface area contributed by atoms with Crippen LogP contribution >= 0.6 is 0 Å². The molecule has 0 aromatic carbocycles. The molecule has 1 N–H and O–H groups in total. The van der Waals surface area contributed by atoms with E-state index in [9.17, 15) is 5.11 Å². The number of hydrogen-bond acceptors (Lipinski definition) is 1. The van der Waals surface area contributed by atoms with Gasteiger partial charge in [0.05, 0.1) is 6.10 Å². The second-order valence-corrected chi connectivity index (χ2v) is 8.50. The summed E-state index contributed by atoms with van der Waals surface area (Å²) in [6, 6.07) is 0. The zero-order valence-corrected chi connectivity index (χ0v) is 11.7. The molecule has 0 heterocycles. The molecule has 17 heavy (non-hydrogen) atoms. The average Bonchev–Trinajstić information content (AvgIpc) is 2.12. The Hall–Kier alpha value is -0.0400. The molecule has 1 unspecified atom stereocenters. The summed E-state index contributed by atoms with van der Waals surface area (Å²) in [6.07, 6.45) is 9.74. The van der Waals surface area contributed by atoms with Crippen molar-refractivity contribution in [2.24, 2.45) is 28.6 Å². The zero-order valence-electron chi connectivity index (χ0n) is 11.7. The van der Waals surface area contributed by atoms with Crippen LogP contribution in [0.4, 0.5) is 0 Å². The van der Waals surface area contributed by atoms with E-state index in [1.165, 1.54) is 38.5 Å². The summed E-state index contributed by atoms with van der Waals surface area (Å²) < 4.78 is 0. The molecule has 4 rings (SSSR count). The Kier molecular flexibility index (Phi) is 2.63. The fraction of sp³-hybridized carbons (Fsp3) is 1.00. The lowest BCUT2D eigenvalue weighted by molar-refractivity contribution is -0.0908. The van der Waals surface area contributed by atoms with Crippen LogP contribution in [0.5, 0.6) is 0 Å². The summed E-state index contributed by atoms with van der Waals surface area (Å²) in [5.41, 5.74) is 0.588. The summed E-state index contributed by atoms with van der Waals surface area (Å²) in [7, 11) is 0. The van der Waals surface area contributed by atoms with E-state index in [0.717, 1.165) is 24.2 Å². The van der Waals surface area contributed by atoms with Gasteiger partial charge in [0.15, 0.2) is 0 Å². The second-order valence-electron chi connectivity index (χ2n) is 8.50. The van der Waals surface area contributed by atoms with Crippen molar-refractivity contribution in [3.63, 3.8) is 0 Å². The maximum atomic E-state index is 10.4. The molecule has 0 spiro atoms. The van der Waals surface area contributed by atoms with E-state index in [-0.39, 0.29) is 11.5 Å². The van der Waals surface area contributed by atoms with Crippen LogP contribution in [-0.2, 0) is 0 Å². The second kappa shape index (κ2) is 3.73. The summed E-state index contributed by atoms with van der Waals surface area (Å²) in [5, 5.41) is 10.4. The highest BCUT2D eigenvalue weighted by Crippen LogP contribution is 2.62. The molecule has 0 aromatic rings. The van der Waals surface area contributed by atoms with Gasteiger partial charge in [-0.15, -0.1) is 0 Å². The molecule has 0 aliphatic heterocycles. The van der Waals surface area contributed by atoms with E-state index in [4.69, 9.17) is 0 Å². The average molecular weight is 236 g/mol. The van der Waals surface area contributed by atoms with Gasteiger partial charge in [0.2, 0.25) is 0 Å². The first kappa shape index (κ1) is 12.0. The van der Waals surface area contributed by atoms with Gasteiger partial charge in [0.25, 0.3) is 0 Å². The normalized spacial score (nSPS) is 46.2. The van der Waals surface area contributed by atoms with Crippen molar-refractivity contribution in [1.29, 1.82) is 0 Å². The zero-order chi connectivity index (χ0) is 12.3. The van der Waals surface area contributed by atoms with Gasteiger partial charge in [0, 0.05) is 0 Å². The molecule has 0 saturated heterocycles.